The third-order valence-corrected chi connectivity index (χ3v) is 1.38. The van der Waals surface area contributed by atoms with Crippen LogP contribution in [0.5, 0.6) is 0 Å². The van der Waals surface area contributed by atoms with Gasteiger partial charge in [-0.15, -0.1) is 0 Å². The fourth-order valence-corrected chi connectivity index (χ4v) is 0.706. The minimum absolute atomic E-state index is 0.983. The van der Waals surface area contributed by atoms with Gasteiger partial charge in [0.25, 0.3) is 0 Å². The van der Waals surface area contributed by atoms with Crippen LogP contribution in [0.3, 0.4) is 0 Å². The Hall–Kier alpha value is -0.280. The summed E-state index contributed by atoms with van der Waals surface area (Å²) >= 11 is -2.83. The van der Waals surface area contributed by atoms with E-state index < -0.39 is 37.2 Å². The maximum atomic E-state index is 11.4. The highest BCUT2D eigenvalue weighted by molar-refractivity contribution is 7.75. The fraction of sp³-hybridized carbons (Fsp3) is 1.00. The van der Waals surface area contributed by atoms with Crippen molar-refractivity contribution in [2.75, 3.05) is 6.61 Å². The Bertz CT molecular complexity index is 170. The third-order valence-electron chi connectivity index (χ3n) is 0.716. The molecule has 0 fully saturated rings. The molecule has 0 radical (unpaired) electrons. The predicted octanol–water partition coefficient (Wildman–Crippen LogP) is 1.77. The van der Waals surface area contributed by atoms with Crippen molar-refractivity contribution < 1.29 is 34.5 Å². The molecule has 13 heavy (non-hydrogen) atoms. The van der Waals surface area contributed by atoms with Gasteiger partial charge in [-0.3, -0.25) is 4.18 Å². The summed E-state index contributed by atoms with van der Waals surface area (Å²) in [6.07, 6.45) is -5.85. The minimum atomic E-state index is -4.48. The highest BCUT2D eigenvalue weighted by Gasteiger charge is 2.27. The highest BCUT2D eigenvalue weighted by atomic mass is 32.2. The van der Waals surface area contributed by atoms with E-state index in [2.05, 4.69) is 8.37 Å². The van der Waals surface area contributed by atoms with E-state index in [1.807, 2.05) is 0 Å². The molecule has 3 nitrogen and oxygen atoms in total. The quantitative estimate of drug-likeness (QED) is 0.673. The van der Waals surface area contributed by atoms with Gasteiger partial charge in [-0.25, -0.2) is 4.18 Å². The summed E-state index contributed by atoms with van der Waals surface area (Å²) in [6, 6.07) is 0. The van der Waals surface area contributed by atoms with Crippen LogP contribution in [0.1, 0.15) is 6.42 Å². The van der Waals surface area contributed by atoms with Crippen molar-refractivity contribution in [3.05, 3.63) is 0 Å². The van der Waals surface area contributed by atoms with Crippen molar-refractivity contribution in [2.24, 2.45) is 0 Å². The number of halogens is 5. The van der Waals surface area contributed by atoms with E-state index in [4.69, 9.17) is 0 Å². The zero-order valence-electron chi connectivity index (χ0n) is 6.01. The molecule has 0 rings (SSSR count). The van der Waals surface area contributed by atoms with Gasteiger partial charge in [0.05, 0.1) is 13.0 Å². The average Bonchev–Trinajstić information content (AvgIpc) is 1.81. The first-order valence-electron chi connectivity index (χ1n) is 2.88. The maximum Gasteiger partial charge on any atom is 0.391 e. The van der Waals surface area contributed by atoms with E-state index in [1.165, 1.54) is 0 Å². The SMILES string of the molecule is O=S(OCCC(F)(F)F)OC(F)F. The van der Waals surface area contributed by atoms with Crippen LogP contribution in [0.4, 0.5) is 22.0 Å². The Labute approximate surface area is 72.7 Å². The second-order valence-electron chi connectivity index (χ2n) is 1.75. The van der Waals surface area contributed by atoms with Gasteiger partial charge in [0.15, 0.2) is 0 Å². The van der Waals surface area contributed by atoms with Crippen LogP contribution in [0.15, 0.2) is 0 Å². The first kappa shape index (κ1) is 12.7. The maximum absolute atomic E-state index is 11.4. The molecule has 0 heterocycles. The molecule has 1 unspecified atom stereocenters. The standard InChI is InChI=1S/C4H5F5O3S/c5-3(6)12-13(10)11-2-1-4(7,8)9/h3H,1-2H2. The zero-order valence-corrected chi connectivity index (χ0v) is 6.83. The molecule has 80 valence electrons. The van der Waals surface area contributed by atoms with E-state index in [9.17, 15) is 26.2 Å². The lowest BCUT2D eigenvalue weighted by Crippen LogP contribution is -2.14. The predicted molar refractivity (Wildman–Crippen MR) is 31.9 cm³/mol. The van der Waals surface area contributed by atoms with Gasteiger partial charge in [0, 0.05) is 0 Å². The van der Waals surface area contributed by atoms with Crippen LogP contribution in [0.25, 0.3) is 0 Å². The highest BCUT2D eigenvalue weighted by Crippen LogP contribution is 2.19. The number of alkyl halides is 5. The van der Waals surface area contributed by atoms with Crippen molar-refractivity contribution in [2.45, 2.75) is 19.2 Å². The monoisotopic (exact) mass is 228 g/mol. The lowest BCUT2D eigenvalue weighted by molar-refractivity contribution is -0.139. The smallest absolute Gasteiger partial charge is 0.268 e. The molecule has 0 aliphatic rings. The van der Waals surface area contributed by atoms with E-state index in [0.717, 1.165) is 0 Å². The first-order chi connectivity index (χ1) is 5.81. The summed E-state index contributed by atoms with van der Waals surface area (Å²) in [5.41, 5.74) is 0. The molecule has 0 aromatic heterocycles. The van der Waals surface area contributed by atoms with Gasteiger partial charge in [-0.1, -0.05) is 0 Å². The molecule has 0 N–H and O–H groups in total. The first-order valence-corrected chi connectivity index (χ1v) is 3.88. The Balaban J connectivity index is 3.49. The van der Waals surface area contributed by atoms with Crippen LogP contribution in [0.2, 0.25) is 0 Å². The Morgan fingerprint density at radius 2 is 1.85 bits per heavy atom. The van der Waals surface area contributed by atoms with Gasteiger partial charge >= 0.3 is 24.1 Å². The van der Waals surface area contributed by atoms with Crippen LogP contribution in [0, 0.1) is 0 Å². The molecule has 0 aromatic carbocycles. The Morgan fingerprint density at radius 1 is 1.31 bits per heavy atom. The van der Waals surface area contributed by atoms with Crippen molar-refractivity contribution >= 4 is 11.4 Å². The van der Waals surface area contributed by atoms with Crippen molar-refractivity contribution in [1.29, 1.82) is 0 Å². The van der Waals surface area contributed by atoms with Crippen LogP contribution in [-0.4, -0.2) is 23.6 Å². The third kappa shape index (κ3) is 9.64. The van der Waals surface area contributed by atoms with Gasteiger partial charge in [-0.05, 0) is 0 Å². The lowest BCUT2D eigenvalue weighted by Gasteiger charge is -2.05. The second kappa shape index (κ2) is 5.45. The summed E-state index contributed by atoms with van der Waals surface area (Å²) in [4.78, 5) is 0. The molecule has 0 aliphatic heterocycles. The summed E-state index contributed by atoms with van der Waals surface area (Å²) < 4.78 is 73.8. The van der Waals surface area contributed by atoms with Gasteiger partial charge in [0.2, 0.25) is 0 Å². The molecular weight excluding hydrogens is 223 g/mol. The van der Waals surface area contributed by atoms with E-state index in [1.54, 1.807) is 0 Å². The summed E-state index contributed by atoms with van der Waals surface area (Å²) in [5, 5.41) is 0. The Kier molecular flexibility index (Phi) is 5.33. The topological polar surface area (TPSA) is 35.5 Å². The summed E-state index contributed by atoms with van der Waals surface area (Å²) in [5.74, 6) is 0. The van der Waals surface area contributed by atoms with Crippen molar-refractivity contribution in [1.82, 2.24) is 0 Å². The van der Waals surface area contributed by atoms with Crippen LogP contribution < -0.4 is 0 Å². The average molecular weight is 228 g/mol. The number of rotatable bonds is 5. The van der Waals surface area contributed by atoms with E-state index in [-0.39, 0.29) is 0 Å². The molecule has 0 saturated carbocycles. The molecule has 9 heteroatoms. The molecule has 0 spiro atoms. The Morgan fingerprint density at radius 3 is 2.23 bits per heavy atom. The van der Waals surface area contributed by atoms with Gasteiger partial charge < -0.3 is 0 Å². The van der Waals surface area contributed by atoms with E-state index >= 15 is 0 Å². The molecule has 1 atom stereocenters. The summed E-state index contributed by atoms with van der Waals surface area (Å²) in [7, 11) is 0. The molecule has 0 amide bonds. The zero-order chi connectivity index (χ0) is 10.5. The normalized spacial score (nSPS) is 14.9. The largest absolute Gasteiger partial charge is 0.391 e. The number of hydrogen-bond acceptors (Lipinski definition) is 3. The fourth-order valence-electron chi connectivity index (χ4n) is 0.313. The van der Waals surface area contributed by atoms with Crippen LogP contribution in [-0.2, 0) is 19.7 Å². The molecule has 0 aliphatic carbocycles. The van der Waals surface area contributed by atoms with Crippen LogP contribution >= 0.6 is 0 Å². The molecule has 0 saturated heterocycles. The van der Waals surface area contributed by atoms with E-state index in [0.29, 0.717) is 0 Å². The second-order valence-corrected chi connectivity index (χ2v) is 2.58. The van der Waals surface area contributed by atoms with Gasteiger partial charge in [0.1, 0.15) is 0 Å². The lowest BCUT2D eigenvalue weighted by atomic mass is 10.5. The molecular formula is C4H5F5O3S. The minimum Gasteiger partial charge on any atom is -0.268 e. The van der Waals surface area contributed by atoms with Crippen molar-refractivity contribution in [3.8, 4) is 0 Å². The summed E-state index contributed by atoms with van der Waals surface area (Å²) in [6.45, 7) is -4.32. The number of hydrogen-bond donors (Lipinski definition) is 0. The molecule has 0 aromatic rings. The van der Waals surface area contributed by atoms with Crippen molar-refractivity contribution in [3.63, 3.8) is 0 Å². The van der Waals surface area contributed by atoms with Gasteiger partial charge in [-0.2, -0.15) is 26.2 Å². The molecule has 0 bridgehead atoms.